The quantitative estimate of drug-likeness (QED) is 0.269. The SMILES string of the molecule is C=C1C[C@H](O)[C@H]2[C@@](C)(CO)CCC[C@]2(C)[C@H]1CCC(C)CCO[C@@H]1O[C@H](CO)[C@@H](O)[C@H](O)[C@H]1O. The Morgan fingerprint density at radius 2 is 1.76 bits per heavy atom. The lowest BCUT2D eigenvalue weighted by atomic mass is 9.46. The van der Waals surface area contributed by atoms with Crippen LogP contribution in [-0.2, 0) is 9.47 Å². The summed E-state index contributed by atoms with van der Waals surface area (Å²) in [6.45, 7) is 10.8. The molecular formula is C26H46O8. The summed E-state index contributed by atoms with van der Waals surface area (Å²) in [5.41, 5.74) is 0.756. The van der Waals surface area contributed by atoms with E-state index < -0.39 is 43.4 Å². The molecule has 1 saturated heterocycles. The van der Waals surface area contributed by atoms with Crippen molar-refractivity contribution in [1.29, 1.82) is 0 Å². The van der Waals surface area contributed by atoms with Crippen molar-refractivity contribution in [3.05, 3.63) is 12.2 Å². The minimum absolute atomic E-state index is 0.0547. The van der Waals surface area contributed by atoms with E-state index >= 15 is 0 Å². The van der Waals surface area contributed by atoms with E-state index in [1.807, 2.05) is 0 Å². The fourth-order valence-electron chi connectivity index (χ4n) is 7.17. The summed E-state index contributed by atoms with van der Waals surface area (Å²) < 4.78 is 11.1. The number of ether oxygens (including phenoxy) is 2. The number of aliphatic hydroxyl groups is 6. The summed E-state index contributed by atoms with van der Waals surface area (Å²) in [7, 11) is 0. The third-order valence-electron chi connectivity index (χ3n) is 9.12. The summed E-state index contributed by atoms with van der Waals surface area (Å²) in [5, 5.41) is 60.4. The van der Waals surface area contributed by atoms with Gasteiger partial charge in [0.2, 0.25) is 0 Å². The average molecular weight is 487 g/mol. The van der Waals surface area contributed by atoms with E-state index in [1.54, 1.807) is 0 Å². The second kappa shape index (κ2) is 11.2. The van der Waals surface area contributed by atoms with Gasteiger partial charge in [-0.2, -0.15) is 0 Å². The number of fused-ring (bicyclic) bond motifs is 1. The number of aliphatic hydroxyl groups excluding tert-OH is 6. The Morgan fingerprint density at radius 1 is 1.06 bits per heavy atom. The normalized spacial score (nSPS) is 46.2. The largest absolute Gasteiger partial charge is 0.396 e. The molecule has 2 aliphatic carbocycles. The van der Waals surface area contributed by atoms with Gasteiger partial charge in [-0.05, 0) is 60.7 Å². The molecule has 0 aromatic heterocycles. The first kappa shape index (κ1) is 28.0. The molecule has 3 rings (SSSR count). The molecular weight excluding hydrogens is 440 g/mol. The molecule has 0 aromatic carbocycles. The third kappa shape index (κ3) is 5.39. The molecule has 1 heterocycles. The van der Waals surface area contributed by atoms with Gasteiger partial charge in [0.1, 0.15) is 24.4 Å². The van der Waals surface area contributed by atoms with E-state index in [1.165, 1.54) is 0 Å². The Labute approximate surface area is 203 Å². The van der Waals surface area contributed by atoms with Crippen molar-refractivity contribution < 1.29 is 40.1 Å². The predicted octanol–water partition coefficient (Wildman–Crippen LogP) is 1.35. The van der Waals surface area contributed by atoms with E-state index in [-0.39, 0.29) is 23.4 Å². The van der Waals surface area contributed by atoms with Gasteiger partial charge in [-0.3, -0.25) is 0 Å². The monoisotopic (exact) mass is 486 g/mol. The zero-order valence-corrected chi connectivity index (χ0v) is 21.0. The lowest BCUT2D eigenvalue weighted by Gasteiger charge is -2.60. The molecule has 0 radical (unpaired) electrons. The highest BCUT2D eigenvalue weighted by Crippen LogP contribution is 2.61. The van der Waals surface area contributed by atoms with Crippen molar-refractivity contribution in [1.82, 2.24) is 0 Å². The zero-order chi connectivity index (χ0) is 25.3. The maximum absolute atomic E-state index is 11.0. The summed E-state index contributed by atoms with van der Waals surface area (Å²) in [6, 6.07) is 0. The van der Waals surface area contributed by atoms with Gasteiger partial charge in [0.15, 0.2) is 6.29 Å². The smallest absolute Gasteiger partial charge is 0.186 e. The minimum Gasteiger partial charge on any atom is -0.396 e. The third-order valence-corrected chi connectivity index (χ3v) is 9.12. The fraction of sp³-hybridized carbons (Fsp3) is 0.923. The molecule has 0 bridgehead atoms. The lowest BCUT2D eigenvalue weighted by molar-refractivity contribution is -0.301. The highest BCUT2D eigenvalue weighted by molar-refractivity contribution is 5.19. The van der Waals surface area contributed by atoms with Gasteiger partial charge in [0, 0.05) is 6.61 Å². The van der Waals surface area contributed by atoms with Gasteiger partial charge in [0.25, 0.3) is 0 Å². The number of rotatable bonds is 9. The molecule has 11 atom stereocenters. The van der Waals surface area contributed by atoms with Crippen LogP contribution in [0.1, 0.15) is 65.7 Å². The molecule has 0 aromatic rings. The molecule has 0 spiro atoms. The van der Waals surface area contributed by atoms with Gasteiger partial charge in [-0.1, -0.05) is 45.8 Å². The summed E-state index contributed by atoms with van der Waals surface area (Å²) in [5.74, 6) is 0.680. The van der Waals surface area contributed by atoms with Crippen LogP contribution in [0.25, 0.3) is 0 Å². The van der Waals surface area contributed by atoms with Crippen LogP contribution >= 0.6 is 0 Å². The molecule has 0 amide bonds. The standard InChI is InChI=1S/C26H46O8/c1-15(8-11-33-24-22(32)21(31)20(30)19(13-27)34-24)6-7-17-16(2)12-18(29)23-25(3,14-28)9-5-10-26(17,23)4/h15,17-24,27-32H,2,5-14H2,1,3-4H3/t15?,17-,18-,19+,20+,21-,22+,23-,24+,25+,26+/m0/s1. The second-order valence-electron chi connectivity index (χ2n) is 11.7. The van der Waals surface area contributed by atoms with E-state index in [0.717, 1.165) is 44.1 Å². The molecule has 8 heteroatoms. The second-order valence-corrected chi connectivity index (χ2v) is 11.7. The predicted molar refractivity (Wildman–Crippen MR) is 127 cm³/mol. The first-order chi connectivity index (χ1) is 16.0. The lowest BCUT2D eigenvalue weighted by Crippen LogP contribution is -2.59. The first-order valence-electron chi connectivity index (χ1n) is 12.9. The Bertz CT molecular complexity index is 686. The van der Waals surface area contributed by atoms with Crippen molar-refractivity contribution >= 4 is 0 Å². The molecule has 3 aliphatic rings. The average Bonchev–Trinajstić information content (AvgIpc) is 2.78. The number of hydrogen-bond acceptors (Lipinski definition) is 8. The van der Waals surface area contributed by atoms with Gasteiger partial charge < -0.3 is 40.1 Å². The molecule has 198 valence electrons. The van der Waals surface area contributed by atoms with Crippen molar-refractivity contribution in [2.24, 2.45) is 28.6 Å². The topological polar surface area (TPSA) is 140 Å². The molecule has 6 N–H and O–H groups in total. The molecule has 34 heavy (non-hydrogen) atoms. The van der Waals surface area contributed by atoms with Crippen molar-refractivity contribution in [3.63, 3.8) is 0 Å². The van der Waals surface area contributed by atoms with E-state index in [4.69, 9.17) is 9.47 Å². The molecule has 8 nitrogen and oxygen atoms in total. The summed E-state index contributed by atoms with van der Waals surface area (Å²) in [6.07, 6.45) is -0.490. The van der Waals surface area contributed by atoms with E-state index in [2.05, 4.69) is 27.4 Å². The van der Waals surface area contributed by atoms with E-state index in [9.17, 15) is 30.6 Å². The highest BCUT2D eigenvalue weighted by atomic mass is 16.7. The first-order valence-corrected chi connectivity index (χ1v) is 12.9. The van der Waals surface area contributed by atoms with Crippen LogP contribution in [0.5, 0.6) is 0 Å². The van der Waals surface area contributed by atoms with E-state index in [0.29, 0.717) is 24.9 Å². The van der Waals surface area contributed by atoms with Crippen LogP contribution < -0.4 is 0 Å². The van der Waals surface area contributed by atoms with Crippen LogP contribution in [-0.4, -0.2) is 87.3 Å². The van der Waals surface area contributed by atoms with Crippen molar-refractivity contribution in [2.45, 2.75) is 103 Å². The molecule has 1 unspecified atom stereocenters. The van der Waals surface area contributed by atoms with Crippen molar-refractivity contribution in [3.8, 4) is 0 Å². The number of hydrogen-bond donors (Lipinski definition) is 6. The summed E-state index contributed by atoms with van der Waals surface area (Å²) in [4.78, 5) is 0. The maximum atomic E-state index is 11.0. The Hall–Kier alpha value is -0.580. The molecule has 2 saturated carbocycles. The molecule has 1 aliphatic heterocycles. The zero-order valence-electron chi connectivity index (χ0n) is 21.0. The molecule has 3 fully saturated rings. The van der Waals surface area contributed by atoms with Crippen LogP contribution in [0, 0.1) is 28.6 Å². The van der Waals surface area contributed by atoms with Gasteiger partial charge in [0.05, 0.1) is 19.3 Å². The highest BCUT2D eigenvalue weighted by Gasteiger charge is 2.57. The van der Waals surface area contributed by atoms with Crippen LogP contribution in [0.4, 0.5) is 0 Å². The van der Waals surface area contributed by atoms with Crippen LogP contribution in [0.3, 0.4) is 0 Å². The van der Waals surface area contributed by atoms with Gasteiger partial charge >= 0.3 is 0 Å². The Balaban J connectivity index is 1.54. The summed E-state index contributed by atoms with van der Waals surface area (Å²) >= 11 is 0. The Morgan fingerprint density at radius 3 is 2.41 bits per heavy atom. The maximum Gasteiger partial charge on any atom is 0.186 e. The van der Waals surface area contributed by atoms with Crippen molar-refractivity contribution in [2.75, 3.05) is 19.8 Å². The minimum atomic E-state index is -1.44. The van der Waals surface area contributed by atoms with Crippen LogP contribution in [0.2, 0.25) is 0 Å². The van der Waals surface area contributed by atoms with Gasteiger partial charge in [-0.25, -0.2) is 0 Å². The fourth-order valence-corrected chi connectivity index (χ4v) is 7.17. The van der Waals surface area contributed by atoms with Crippen LogP contribution in [0.15, 0.2) is 12.2 Å². The van der Waals surface area contributed by atoms with Gasteiger partial charge in [-0.15, -0.1) is 0 Å². The Kier molecular flexibility index (Phi) is 9.24.